The van der Waals surface area contributed by atoms with Gasteiger partial charge in [0, 0.05) is 37.8 Å². The van der Waals surface area contributed by atoms with Gasteiger partial charge in [-0.3, -0.25) is 9.78 Å². The quantitative estimate of drug-likeness (QED) is 0.796. The Morgan fingerprint density at radius 3 is 2.76 bits per heavy atom. The van der Waals surface area contributed by atoms with Crippen LogP contribution >= 0.6 is 0 Å². The predicted octanol–water partition coefficient (Wildman–Crippen LogP) is 3.30. The van der Waals surface area contributed by atoms with E-state index in [9.17, 15) is 4.79 Å². The first-order valence-electron chi connectivity index (χ1n) is 8.91. The minimum Gasteiger partial charge on any atom is -0.343 e. The lowest BCUT2D eigenvalue weighted by Crippen LogP contribution is -2.38. The van der Waals surface area contributed by atoms with Crippen LogP contribution in [-0.2, 0) is 11.2 Å². The number of pyridine rings is 1. The minimum atomic E-state index is 0.243. The van der Waals surface area contributed by atoms with Gasteiger partial charge in [-0.2, -0.15) is 0 Å². The Balaban J connectivity index is 1.32. The van der Waals surface area contributed by atoms with Crippen LogP contribution < -0.4 is 0 Å². The van der Waals surface area contributed by atoms with Gasteiger partial charge in [0.15, 0.2) is 0 Å². The lowest BCUT2D eigenvalue weighted by Gasteiger charge is -2.31. The molecule has 0 radical (unpaired) electrons. The molecule has 5 heteroatoms. The summed E-state index contributed by atoms with van der Waals surface area (Å²) in [5.41, 5.74) is 3.23. The Labute approximate surface area is 147 Å². The number of aromatic nitrogens is 3. The topological polar surface area (TPSA) is 61.9 Å². The van der Waals surface area contributed by atoms with Crippen molar-refractivity contribution >= 4 is 16.9 Å². The van der Waals surface area contributed by atoms with Crippen LogP contribution in [0, 0.1) is 0 Å². The number of H-pyrrole nitrogens is 1. The number of fused-ring (bicyclic) bond motifs is 1. The van der Waals surface area contributed by atoms with Crippen molar-refractivity contribution in [2.45, 2.75) is 31.6 Å². The molecule has 0 spiro atoms. The smallest absolute Gasteiger partial charge is 0.222 e. The minimum absolute atomic E-state index is 0.243. The monoisotopic (exact) mass is 334 g/mol. The zero-order chi connectivity index (χ0) is 17.1. The van der Waals surface area contributed by atoms with Crippen molar-refractivity contribution in [1.29, 1.82) is 0 Å². The summed E-state index contributed by atoms with van der Waals surface area (Å²) in [5.74, 6) is 1.71. The Hall–Kier alpha value is -2.69. The van der Waals surface area contributed by atoms with E-state index in [2.05, 4.69) is 16.0 Å². The number of likely N-dealkylation sites (tertiary alicyclic amines) is 1. The lowest BCUT2D eigenvalue weighted by molar-refractivity contribution is -0.132. The fourth-order valence-corrected chi connectivity index (χ4v) is 3.52. The highest BCUT2D eigenvalue weighted by molar-refractivity contribution is 5.77. The van der Waals surface area contributed by atoms with Gasteiger partial charge in [0.1, 0.15) is 5.82 Å². The second-order valence-corrected chi connectivity index (χ2v) is 6.66. The number of rotatable bonds is 4. The standard InChI is InChI=1S/C20H22N4O/c25-19(8-7-15-4-3-11-21-14-15)24-12-9-16(10-13-24)20-22-17-5-1-2-6-18(17)23-20/h1-6,11,14,16H,7-10,12-13H2,(H,22,23). The first-order valence-corrected chi connectivity index (χ1v) is 8.91. The van der Waals surface area contributed by atoms with Crippen molar-refractivity contribution in [1.82, 2.24) is 19.9 Å². The molecule has 0 unspecified atom stereocenters. The fourth-order valence-electron chi connectivity index (χ4n) is 3.52. The van der Waals surface area contributed by atoms with E-state index in [1.165, 1.54) is 0 Å². The van der Waals surface area contributed by atoms with Crippen LogP contribution in [0.5, 0.6) is 0 Å². The summed E-state index contributed by atoms with van der Waals surface area (Å²) < 4.78 is 0. The number of amides is 1. The average molecular weight is 334 g/mol. The number of carbonyl (C=O) groups is 1. The molecule has 128 valence electrons. The molecule has 0 aliphatic carbocycles. The van der Waals surface area contributed by atoms with Gasteiger partial charge in [-0.05, 0) is 43.0 Å². The molecule has 1 aliphatic rings. The van der Waals surface area contributed by atoms with Crippen LogP contribution in [0.1, 0.15) is 36.6 Å². The number of aromatic amines is 1. The SMILES string of the molecule is O=C(CCc1cccnc1)N1CCC(c2nc3ccccc3[nH]2)CC1. The molecule has 1 saturated heterocycles. The average Bonchev–Trinajstić information content (AvgIpc) is 3.11. The molecule has 1 aliphatic heterocycles. The molecule has 3 heterocycles. The third-order valence-electron chi connectivity index (χ3n) is 4.99. The van der Waals surface area contributed by atoms with E-state index in [-0.39, 0.29) is 5.91 Å². The number of imidazole rings is 1. The Bertz CT molecular complexity index is 817. The summed E-state index contributed by atoms with van der Waals surface area (Å²) >= 11 is 0. The zero-order valence-electron chi connectivity index (χ0n) is 14.2. The number of piperidine rings is 1. The summed E-state index contributed by atoms with van der Waals surface area (Å²) in [6.45, 7) is 1.63. The molecule has 25 heavy (non-hydrogen) atoms. The molecule has 1 aromatic carbocycles. The lowest BCUT2D eigenvalue weighted by atomic mass is 9.96. The summed E-state index contributed by atoms with van der Waals surface area (Å²) in [7, 11) is 0. The van der Waals surface area contributed by atoms with Crippen molar-refractivity contribution in [3.05, 3.63) is 60.2 Å². The zero-order valence-corrected chi connectivity index (χ0v) is 14.2. The number of para-hydroxylation sites is 2. The Morgan fingerprint density at radius 1 is 1.16 bits per heavy atom. The van der Waals surface area contributed by atoms with E-state index in [1.54, 1.807) is 6.20 Å². The van der Waals surface area contributed by atoms with Gasteiger partial charge in [-0.15, -0.1) is 0 Å². The maximum Gasteiger partial charge on any atom is 0.222 e. The third kappa shape index (κ3) is 3.55. The van der Waals surface area contributed by atoms with Crippen LogP contribution in [0.3, 0.4) is 0 Å². The van der Waals surface area contributed by atoms with Gasteiger partial charge in [0.05, 0.1) is 11.0 Å². The summed E-state index contributed by atoms with van der Waals surface area (Å²) in [4.78, 5) is 26.7. The van der Waals surface area contributed by atoms with E-state index < -0.39 is 0 Å². The fraction of sp³-hybridized carbons (Fsp3) is 0.350. The highest BCUT2D eigenvalue weighted by atomic mass is 16.2. The van der Waals surface area contributed by atoms with E-state index in [0.717, 1.165) is 54.8 Å². The number of hydrogen-bond acceptors (Lipinski definition) is 3. The maximum atomic E-state index is 12.4. The van der Waals surface area contributed by atoms with E-state index >= 15 is 0 Å². The van der Waals surface area contributed by atoms with Crippen molar-refractivity contribution < 1.29 is 4.79 Å². The van der Waals surface area contributed by atoms with Crippen molar-refractivity contribution in [3.8, 4) is 0 Å². The Kier molecular flexibility index (Phi) is 4.46. The van der Waals surface area contributed by atoms with Gasteiger partial charge < -0.3 is 9.88 Å². The van der Waals surface area contributed by atoms with Gasteiger partial charge >= 0.3 is 0 Å². The highest BCUT2D eigenvalue weighted by Gasteiger charge is 2.25. The van der Waals surface area contributed by atoms with Gasteiger partial charge in [-0.25, -0.2) is 4.98 Å². The molecule has 0 atom stereocenters. The van der Waals surface area contributed by atoms with Gasteiger partial charge in [-0.1, -0.05) is 18.2 Å². The summed E-state index contributed by atoms with van der Waals surface area (Å²) in [5, 5.41) is 0. The molecule has 1 N–H and O–H groups in total. The molecule has 1 fully saturated rings. The molecule has 1 amide bonds. The van der Waals surface area contributed by atoms with Crippen molar-refractivity contribution in [2.24, 2.45) is 0 Å². The first-order chi connectivity index (χ1) is 12.3. The molecule has 2 aromatic heterocycles. The highest BCUT2D eigenvalue weighted by Crippen LogP contribution is 2.28. The number of benzene rings is 1. The number of aryl methyl sites for hydroxylation is 1. The normalized spacial score (nSPS) is 15.6. The number of hydrogen-bond donors (Lipinski definition) is 1. The van der Waals surface area contributed by atoms with Crippen LogP contribution in [0.25, 0.3) is 11.0 Å². The number of carbonyl (C=O) groups excluding carboxylic acids is 1. The second-order valence-electron chi connectivity index (χ2n) is 6.66. The van der Waals surface area contributed by atoms with E-state index in [4.69, 9.17) is 4.98 Å². The number of nitrogens with zero attached hydrogens (tertiary/aromatic N) is 3. The molecule has 4 rings (SSSR count). The molecule has 3 aromatic rings. The van der Waals surface area contributed by atoms with Crippen LogP contribution in [0.2, 0.25) is 0 Å². The molecular weight excluding hydrogens is 312 g/mol. The predicted molar refractivity (Wildman–Crippen MR) is 97.2 cm³/mol. The first kappa shape index (κ1) is 15.8. The van der Waals surface area contributed by atoms with Crippen molar-refractivity contribution in [3.63, 3.8) is 0 Å². The van der Waals surface area contributed by atoms with Gasteiger partial charge in [0.25, 0.3) is 0 Å². The molecular formula is C20H22N4O. The number of nitrogens with one attached hydrogen (secondary N) is 1. The second kappa shape index (κ2) is 7.05. The Morgan fingerprint density at radius 2 is 2.00 bits per heavy atom. The summed E-state index contributed by atoms with van der Waals surface area (Å²) in [6.07, 6.45) is 6.85. The van der Waals surface area contributed by atoms with Crippen LogP contribution in [0.4, 0.5) is 0 Å². The van der Waals surface area contributed by atoms with Gasteiger partial charge in [0.2, 0.25) is 5.91 Å². The van der Waals surface area contributed by atoms with E-state index in [1.807, 2.05) is 41.4 Å². The molecule has 0 saturated carbocycles. The largest absolute Gasteiger partial charge is 0.343 e. The van der Waals surface area contributed by atoms with Crippen LogP contribution in [0.15, 0.2) is 48.8 Å². The molecule has 0 bridgehead atoms. The van der Waals surface area contributed by atoms with E-state index in [0.29, 0.717) is 12.3 Å². The molecule has 5 nitrogen and oxygen atoms in total. The maximum absolute atomic E-state index is 12.4. The summed E-state index contributed by atoms with van der Waals surface area (Å²) in [6, 6.07) is 12.1. The van der Waals surface area contributed by atoms with Crippen molar-refractivity contribution in [2.75, 3.05) is 13.1 Å². The van der Waals surface area contributed by atoms with Crippen LogP contribution in [-0.4, -0.2) is 38.8 Å². The third-order valence-corrected chi connectivity index (χ3v) is 4.99.